The third kappa shape index (κ3) is 4.33. The van der Waals surface area contributed by atoms with E-state index in [2.05, 4.69) is 6.58 Å². The minimum absolute atomic E-state index is 0.196. The number of aliphatic hydroxyl groups excluding tert-OH is 1. The molecule has 0 saturated carbocycles. The molecule has 2 atom stereocenters. The van der Waals surface area contributed by atoms with Crippen molar-refractivity contribution < 1.29 is 19.4 Å². The summed E-state index contributed by atoms with van der Waals surface area (Å²) in [5.41, 5.74) is 0.121. The number of rotatable bonds is 6. The van der Waals surface area contributed by atoms with Crippen LogP contribution in [-0.4, -0.2) is 40.6 Å². The van der Waals surface area contributed by atoms with Crippen molar-refractivity contribution >= 4 is 6.09 Å². The lowest BCUT2D eigenvalue weighted by atomic mass is 10.1. The molecule has 23 heavy (non-hydrogen) atoms. The molecule has 0 unspecified atom stereocenters. The summed E-state index contributed by atoms with van der Waals surface area (Å²) in [6.07, 6.45) is 1.83. The molecule has 0 spiro atoms. The van der Waals surface area contributed by atoms with Gasteiger partial charge >= 0.3 is 6.09 Å². The summed E-state index contributed by atoms with van der Waals surface area (Å²) in [6, 6.07) is 9.09. The molecule has 1 aromatic carbocycles. The van der Waals surface area contributed by atoms with Crippen LogP contribution in [-0.2, 0) is 16.1 Å². The molecular weight excluding hydrogens is 294 g/mol. The summed E-state index contributed by atoms with van der Waals surface area (Å²) in [6.45, 7) is 7.76. The number of allylic oxidation sites excluding steroid dienone is 1. The second-order valence-electron chi connectivity index (χ2n) is 6.17. The molecular formula is C18H25NO4. The van der Waals surface area contributed by atoms with Gasteiger partial charge < -0.3 is 14.6 Å². The van der Waals surface area contributed by atoms with Gasteiger partial charge in [0.25, 0.3) is 0 Å². The van der Waals surface area contributed by atoms with Gasteiger partial charge in [-0.3, -0.25) is 4.90 Å². The highest BCUT2D eigenvalue weighted by molar-refractivity contribution is 5.69. The molecule has 0 radical (unpaired) electrons. The average Bonchev–Trinajstić information content (AvgIpc) is 2.86. The van der Waals surface area contributed by atoms with Gasteiger partial charge in [-0.25, -0.2) is 4.79 Å². The predicted octanol–water partition coefficient (Wildman–Crippen LogP) is 3.09. The van der Waals surface area contributed by atoms with Crippen molar-refractivity contribution in [3.63, 3.8) is 0 Å². The van der Waals surface area contributed by atoms with Crippen molar-refractivity contribution in [3.05, 3.63) is 48.6 Å². The molecule has 2 rings (SSSR count). The normalized spacial score (nSPS) is 21.0. The number of amides is 1. The van der Waals surface area contributed by atoms with Gasteiger partial charge in [-0.1, -0.05) is 36.4 Å². The minimum Gasteiger partial charge on any atom is -0.444 e. The van der Waals surface area contributed by atoms with Crippen LogP contribution >= 0.6 is 0 Å². The Morgan fingerprint density at radius 2 is 2.22 bits per heavy atom. The predicted molar refractivity (Wildman–Crippen MR) is 87.7 cm³/mol. The smallest absolute Gasteiger partial charge is 0.412 e. The van der Waals surface area contributed by atoms with Crippen LogP contribution in [0.2, 0.25) is 0 Å². The van der Waals surface area contributed by atoms with Gasteiger partial charge in [0.15, 0.2) is 0 Å². The monoisotopic (exact) mass is 319 g/mol. The van der Waals surface area contributed by atoms with Crippen molar-refractivity contribution in [1.29, 1.82) is 0 Å². The highest BCUT2D eigenvalue weighted by atomic mass is 16.6. The molecule has 0 bridgehead atoms. The van der Waals surface area contributed by atoms with Crippen molar-refractivity contribution in [3.8, 4) is 0 Å². The van der Waals surface area contributed by atoms with Crippen LogP contribution in [0.3, 0.4) is 0 Å². The zero-order valence-electron chi connectivity index (χ0n) is 13.8. The molecule has 1 N–H and O–H groups in total. The molecule has 1 aromatic rings. The molecule has 1 fully saturated rings. The summed E-state index contributed by atoms with van der Waals surface area (Å²) in [5, 5.41) is 10.3. The fraction of sp³-hybridized carbons (Fsp3) is 0.500. The summed E-state index contributed by atoms with van der Waals surface area (Å²) < 4.78 is 11.1. The molecule has 5 heteroatoms. The van der Waals surface area contributed by atoms with Gasteiger partial charge in [-0.2, -0.15) is 0 Å². The number of carbonyl (C=O) groups excluding carboxylic acids is 1. The second-order valence-corrected chi connectivity index (χ2v) is 6.17. The lowest BCUT2D eigenvalue weighted by Crippen LogP contribution is -2.52. The number of nitrogens with zero attached hydrogens (tertiary/aromatic N) is 1. The van der Waals surface area contributed by atoms with Crippen LogP contribution in [0.15, 0.2) is 43.0 Å². The third-order valence-electron chi connectivity index (χ3n) is 4.03. The first-order valence-electron chi connectivity index (χ1n) is 7.88. The van der Waals surface area contributed by atoms with Gasteiger partial charge in [0.1, 0.15) is 12.3 Å². The first-order valence-corrected chi connectivity index (χ1v) is 7.88. The Balaban J connectivity index is 2.02. The number of aliphatic hydroxyl groups is 1. The van der Waals surface area contributed by atoms with E-state index in [1.54, 1.807) is 19.9 Å². The minimum atomic E-state index is -0.798. The van der Waals surface area contributed by atoms with Gasteiger partial charge in [0.2, 0.25) is 0 Å². The summed E-state index contributed by atoms with van der Waals surface area (Å²) in [4.78, 5) is 14.0. The van der Waals surface area contributed by atoms with Crippen LogP contribution < -0.4 is 0 Å². The maximum Gasteiger partial charge on any atom is 0.412 e. The molecule has 1 saturated heterocycles. The Kier molecular flexibility index (Phi) is 5.80. The highest BCUT2D eigenvalue weighted by Crippen LogP contribution is 2.31. The van der Waals surface area contributed by atoms with Gasteiger partial charge in [-0.05, 0) is 32.3 Å². The first-order chi connectivity index (χ1) is 11.0. The zero-order valence-corrected chi connectivity index (χ0v) is 13.8. The third-order valence-corrected chi connectivity index (χ3v) is 4.03. The van der Waals surface area contributed by atoms with Crippen molar-refractivity contribution in [2.24, 2.45) is 0 Å². The van der Waals surface area contributed by atoms with Gasteiger partial charge in [-0.15, -0.1) is 6.58 Å². The lowest BCUT2D eigenvalue weighted by molar-refractivity contribution is -0.0544. The topological polar surface area (TPSA) is 59.0 Å². The number of benzene rings is 1. The van der Waals surface area contributed by atoms with Crippen molar-refractivity contribution in [1.82, 2.24) is 4.90 Å². The van der Waals surface area contributed by atoms with E-state index < -0.39 is 24.0 Å². The molecule has 1 aliphatic rings. The Morgan fingerprint density at radius 3 is 2.87 bits per heavy atom. The number of ether oxygens (including phenoxy) is 2. The van der Waals surface area contributed by atoms with E-state index in [4.69, 9.17) is 9.47 Å². The molecule has 126 valence electrons. The average molecular weight is 319 g/mol. The molecule has 1 amide bonds. The molecule has 5 nitrogen and oxygen atoms in total. The highest BCUT2D eigenvalue weighted by Gasteiger charge is 2.47. The van der Waals surface area contributed by atoms with E-state index in [9.17, 15) is 9.90 Å². The summed E-state index contributed by atoms with van der Waals surface area (Å²) in [5.74, 6) is 0. The SMILES string of the molecule is C=CCC[C@H](O)[C@H]1COC(C)(C)N1C(=O)OCc1ccccc1. The van der Waals surface area contributed by atoms with E-state index >= 15 is 0 Å². The maximum atomic E-state index is 12.5. The largest absolute Gasteiger partial charge is 0.444 e. The fourth-order valence-corrected chi connectivity index (χ4v) is 2.74. The Bertz CT molecular complexity index is 529. The van der Waals surface area contributed by atoms with E-state index in [0.717, 1.165) is 5.56 Å². The van der Waals surface area contributed by atoms with Crippen LogP contribution in [0.4, 0.5) is 4.79 Å². The second kappa shape index (κ2) is 7.62. The van der Waals surface area contributed by atoms with Gasteiger partial charge in [0.05, 0.1) is 18.8 Å². The Hall–Kier alpha value is -1.85. The van der Waals surface area contributed by atoms with E-state index in [0.29, 0.717) is 19.4 Å². The van der Waals surface area contributed by atoms with Crippen molar-refractivity contribution in [2.75, 3.05) is 6.61 Å². The van der Waals surface area contributed by atoms with Crippen LogP contribution in [0.25, 0.3) is 0 Å². The molecule has 1 aliphatic heterocycles. The Morgan fingerprint density at radius 1 is 1.52 bits per heavy atom. The fourth-order valence-electron chi connectivity index (χ4n) is 2.74. The molecule has 1 heterocycles. The van der Waals surface area contributed by atoms with Crippen LogP contribution in [0, 0.1) is 0 Å². The first kappa shape index (κ1) is 17.5. The number of hydrogen-bond acceptors (Lipinski definition) is 4. The van der Waals surface area contributed by atoms with Crippen molar-refractivity contribution in [2.45, 2.75) is 51.2 Å². The summed E-state index contributed by atoms with van der Waals surface area (Å²) >= 11 is 0. The number of hydrogen-bond donors (Lipinski definition) is 1. The van der Waals surface area contributed by atoms with E-state index in [-0.39, 0.29) is 6.61 Å². The van der Waals surface area contributed by atoms with E-state index in [1.807, 2.05) is 30.3 Å². The molecule has 0 aliphatic carbocycles. The lowest BCUT2D eigenvalue weighted by Gasteiger charge is -2.34. The summed E-state index contributed by atoms with van der Waals surface area (Å²) in [7, 11) is 0. The standard InChI is InChI=1S/C18H25NO4/c1-4-5-11-16(20)15-13-23-18(2,3)19(15)17(21)22-12-14-9-7-6-8-10-14/h4,6-10,15-16,20H,1,5,11-13H2,2-3H3/t15-,16+/m1/s1. The van der Waals surface area contributed by atoms with Crippen LogP contribution in [0.1, 0.15) is 32.3 Å². The van der Waals surface area contributed by atoms with Gasteiger partial charge in [0, 0.05) is 0 Å². The maximum absolute atomic E-state index is 12.5. The number of carbonyl (C=O) groups is 1. The quantitative estimate of drug-likeness (QED) is 0.819. The Labute approximate surface area is 137 Å². The molecule has 0 aromatic heterocycles. The van der Waals surface area contributed by atoms with E-state index in [1.165, 1.54) is 4.90 Å². The zero-order chi connectivity index (χ0) is 16.9. The van der Waals surface area contributed by atoms with Crippen LogP contribution in [0.5, 0.6) is 0 Å².